The van der Waals surface area contributed by atoms with Crippen LogP contribution in [0.25, 0.3) is 16.0 Å². The number of carbonyl (C=O) groups is 2. The predicted molar refractivity (Wildman–Crippen MR) is 144 cm³/mol. The molecule has 0 bridgehead atoms. The highest BCUT2D eigenvalue weighted by molar-refractivity contribution is 5.97. The lowest BCUT2D eigenvalue weighted by Crippen LogP contribution is -2.53. The first kappa shape index (κ1) is 26.3. The molecule has 0 heterocycles. The number of carbonyl (C=O) groups excluding carboxylic acids is 2. The van der Waals surface area contributed by atoms with Gasteiger partial charge in [0.2, 0.25) is 0 Å². The Hall–Kier alpha value is -4.31. The number of aryl methyl sites for hydroxylation is 1. The van der Waals surface area contributed by atoms with Crippen molar-refractivity contribution < 1.29 is 14.3 Å². The number of hydrogen-bond donors (Lipinski definition) is 1. The Balaban J connectivity index is 1.91. The quantitative estimate of drug-likeness (QED) is 0.297. The molecule has 0 aliphatic carbocycles. The van der Waals surface area contributed by atoms with Crippen molar-refractivity contribution in [3.63, 3.8) is 0 Å². The van der Waals surface area contributed by atoms with Crippen LogP contribution in [0.5, 0.6) is 0 Å². The van der Waals surface area contributed by atoms with E-state index >= 15 is 0 Å². The van der Waals surface area contributed by atoms with Crippen molar-refractivity contribution in [2.45, 2.75) is 46.6 Å². The molecule has 0 radical (unpaired) electrons. The van der Waals surface area contributed by atoms with Crippen LogP contribution in [-0.2, 0) is 4.74 Å². The first-order valence-electron chi connectivity index (χ1n) is 11.9. The number of ether oxygens (including phenoxy) is 1. The number of nitrogens with zero attached hydrogens (tertiary/aromatic N) is 3. The first-order chi connectivity index (χ1) is 17.1. The fourth-order valence-corrected chi connectivity index (χ4v) is 3.66. The van der Waals surface area contributed by atoms with E-state index in [0.29, 0.717) is 23.5 Å². The molecule has 0 aromatic heterocycles. The molecule has 0 aliphatic heterocycles. The maximum atomic E-state index is 13.5. The van der Waals surface area contributed by atoms with Crippen LogP contribution < -0.4 is 10.3 Å². The van der Waals surface area contributed by atoms with Gasteiger partial charge in [0.15, 0.2) is 5.69 Å². The van der Waals surface area contributed by atoms with E-state index in [9.17, 15) is 9.59 Å². The zero-order valence-corrected chi connectivity index (χ0v) is 21.4. The van der Waals surface area contributed by atoms with Crippen molar-refractivity contribution in [1.82, 2.24) is 5.01 Å². The number of rotatable bonds is 5. The Morgan fingerprint density at radius 3 is 2.31 bits per heavy atom. The maximum absolute atomic E-state index is 13.5. The van der Waals surface area contributed by atoms with Gasteiger partial charge in [0.05, 0.1) is 12.3 Å². The van der Waals surface area contributed by atoms with Crippen LogP contribution in [0, 0.1) is 13.5 Å². The van der Waals surface area contributed by atoms with Gasteiger partial charge in [0.25, 0.3) is 0 Å². The minimum Gasteiger partial charge on any atom is -0.442 e. The summed E-state index contributed by atoms with van der Waals surface area (Å²) < 4.78 is 5.62. The van der Waals surface area contributed by atoms with Crippen LogP contribution in [-0.4, -0.2) is 29.3 Å². The summed E-state index contributed by atoms with van der Waals surface area (Å²) in [6.07, 6.45) is -0.107. The second-order valence-electron chi connectivity index (χ2n) is 9.37. The van der Waals surface area contributed by atoms with Gasteiger partial charge in [-0.15, -0.1) is 0 Å². The van der Waals surface area contributed by atoms with Gasteiger partial charge in [-0.1, -0.05) is 55.5 Å². The average Bonchev–Trinajstić information content (AvgIpc) is 2.83. The van der Waals surface area contributed by atoms with E-state index < -0.39 is 17.7 Å². The molecule has 0 spiro atoms. The van der Waals surface area contributed by atoms with Gasteiger partial charge in [-0.2, -0.15) is 5.01 Å². The third-order valence-corrected chi connectivity index (χ3v) is 5.27. The zero-order valence-electron chi connectivity index (χ0n) is 21.4. The Bertz CT molecular complexity index is 1260. The van der Waals surface area contributed by atoms with E-state index in [-0.39, 0.29) is 6.54 Å². The molecule has 1 N–H and O–H groups in total. The lowest BCUT2D eigenvalue weighted by atomic mass is 10.0. The average molecular weight is 485 g/mol. The second-order valence-corrected chi connectivity index (χ2v) is 9.37. The first-order valence-corrected chi connectivity index (χ1v) is 11.9. The highest BCUT2D eigenvalue weighted by Crippen LogP contribution is 2.27. The molecular weight excluding hydrogens is 452 g/mol. The van der Waals surface area contributed by atoms with Crippen LogP contribution in [0.1, 0.15) is 39.7 Å². The Kier molecular flexibility index (Phi) is 8.34. The van der Waals surface area contributed by atoms with Gasteiger partial charge in [0, 0.05) is 12.2 Å². The number of hydrazine groups is 1. The number of benzene rings is 3. The molecule has 3 aromatic carbocycles. The van der Waals surface area contributed by atoms with Crippen molar-refractivity contribution >= 4 is 29.2 Å². The van der Waals surface area contributed by atoms with Crippen molar-refractivity contribution in [3.8, 4) is 11.1 Å². The smallest absolute Gasteiger partial charge is 0.434 e. The second kappa shape index (κ2) is 11.4. The summed E-state index contributed by atoms with van der Waals surface area (Å²) in [6.45, 7) is 16.9. The van der Waals surface area contributed by atoms with Crippen LogP contribution in [0.15, 0.2) is 72.8 Å². The number of anilines is 2. The topological polar surface area (TPSA) is 66.2 Å². The Morgan fingerprint density at radius 1 is 1.00 bits per heavy atom. The van der Waals surface area contributed by atoms with E-state index in [1.54, 1.807) is 45.0 Å². The minimum absolute atomic E-state index is 0.259. The molecule has 0 atom stereocenters. The van der Waals surface area contributed by atoms with Gasteiger partial charge in [0.1, 0.15) is 5.60 Å². The SMILES string of the molecule is [C-]#[N+]c1cccc(N(C(=O)OC(C)(C)C)N(CCC)C(=O)Nc2ccc(-c3ccccc3C)cc2)c1. The molecule has 3 rings (SSSR count). The standard InChI is InChI=1S/C29H32N4O3/c1-7-19-32(33(28(35)36-29(3,4)5)25-13-10-12-24(20-25)30-6)27(34)31-23-17-15-22(16-18-23)26-14-9-8-11-21(26)2/h8-18,20H,7,19H2,1-5H3,(H,31,34). The monoisotopic (exact) mass is 484 g/mol. The lowest BCUT2D eigenvalue weighted by Gasteiger charge is -2.35. The number of urea groups is 1. The van der Waals surface area contributed by atoms with Crippen molar-refractivity contribution in [2.75, 3.05) is 16.9 Å². The summed E-state index contributed by atoms with van der Waals surface area (Å²) in [5, 5.41) is 5.40. The van der Waals surface area contributed by atoms with Gasteiger partial charge in [-0.05, 0) is 75.1 Å². The van der Waals surface area contributed by atoms with E-state index in [1.165, 1.54) is 10.0 Å². The summed E-state index contributed by atoms with van der Waals surface area (Å²) in [7, 11) is 0. The fourth-order valence-electron chi connectivity index (χ4n) is 3.66. The van der Waals surface area contributed by atoms with Crippen molar-refractivity contribution in [1.29, 1.82) is 0 Å². The fraction of sp³-hybridized carbons (Fsp3) is 0.276. The Morgan fingerprint density at radius 2 is 1.69 bits per heavy atom. The Labute approximate surface area is 213 Å². The molecule has 186 valence electrons. The zero-order chi connectivity index (χ0) is 26.3. The van der Waals surface area contributed by atoms with Crippen LogP contribution in [0.4, 0.5) is 26.7 Å². The summed E-state index contributed by atoms with van der Waals surface area (Å²) in [5.41, 5.74) is 3.88. The third kappa shape index (κ3) is 6.63. The molecule has 3 amide bonds. The van der Waals surface area contributed by atoms with Gasteiger partial charge >= 0.3 is 12.1 Å². The number of amides is 3. The molecule has 7 nitrogen and oxygen atoms in total. The van der Waals surface area contributed by atoms with E-state index in [1.807, 2.05) is 43.3 Å². The largest absolute Gasteiger partial charge is 0.442 e. The van der Waals surface area contributed by atoms with Crippen LogP contribution in [0.3, 0.4) is 0 Å². The molecule has 36 heavy (non-hydrogen) atoms. The minimum atomic E-state index is -0.771. The summed E-state index contributed by atoms with van der Waals surface area (Å²) in [4.78, 5) is 30.2. The molecule has 7 heteroatoms. The highest BCUT2D eigenvalue weighted by Gasteiger charge is 2.31. The molecule has 0 aliphatic rings. The van der Waals surface area contributed by atoms with Crippen molar-refractivity contribution in [2.24, 2.45) is 0 Å². The van der Waals surface area contributed by atoms with Gasteiger partial charge in [-0.25, -0.2) is 19.4 Å². The summed E-state index contributed by atoms with van der Waals surface area (Å²) >= 11 is 0. The molecule has 0 saturated carbocycles. The lowest BCUT2D eigenvalue weighted by molar-refractivity contribution is 0.0492. The number of hydrogen-bond acceptors (Lipinski definition) is 3. The van der Waals surface area contributed by atoms with E-state index in [2.05, 4.69) is 29.2 Å². The molecule has 0 fully saturated rings. The summed E-state index contributed by atoms with van der Waals surface area (Å²) in [5.74, 6) is 0. The van der Waals surface area contributed by atoms with Gasteiger partial charge < -0.3 is 10.1 Å². The van der Waals surface area contributed by atoms with Crippen molar-refractivity contribution in [3.05, 3.63) is 89.8 Å². The van der Waals surface area contributed by atoms with Crippen LogP contribution >= 0.6 is 0 Å². The number of nitrogens with one attached hydrogen (secondary N) is 1. The van der Waals surface area contributed by atoms with Gasteiger partial charge in [-0.3, -0.25) is 0 Å². The third-order valence-electron chi connectivity index (χ3n) is 5.27. The summed E-state index contributed by atoms with van der Waals surface area (Å²) in [6, 6.07) is 21.7. The predicted octanol–water partition coefficient (Wildman–Crippen LogP) is 7.81. The normalized spacial score (nSPS) is 10.8. The molecule has 3 aromatic rings. The molecule has 0 saturated heterocycles. The molecule has 0 unspecified atom stereocenters. The van der Waals surface area contributed by atoms with Crippen LogP contribution in [0.2, 0.25) is 0 Å². The maximum Gasteiger partial charge on any atom is 0.434 e. The van der Waals surface area contributed by atoms with E-state index in [0.717, 1.165) is 16.7 Å². The highest BCUT2D eigenvalue weighted by atomic mass is 16.6. The molecular formula is C29H32N4O3. The van der Waals surface area contributed by atoms with E-state index in [4.69, 9.17) is 11.3 Å².